The van der Waals surface area contributed by atoms with Gasteiger partial charge in [-0.25, -0.2) is 4.79 Å². The van der Waals surface area contributed by atoms with Crippen molar-refractivity contribution in [2.24, 2.45) is 0 Å². The van der Waals surface area contributed by atoms with E-state index in [1.165, 1.54) is 24.0 Å². The van der Waals surface area contributed by atoms with Crippen LogP contribution in [-0.4, -0.2) is 33.2 Å². The summed E-state index contributed by atoms with van der Waals surface area (Å²) in [5, 5.41) is 5.24. The van der Waals surface area contributed by atoms with Gasteiger partial charge in [-0.15, -0.1) is 11.3 Å². The Labute approximate surface area is 206 Å². The van der Waals surface area contributed by atoms with Gasteiger partial charge in [-0.3, -0.25) is 4.79 Å². The molecule has 6 nitrogen and oxygen atoms in total. The number of esters is 1. The van der Waals surface area contributed by atoms with Crippen LogP contribution in [0, 0.1) is 0 Å². The lowest BCUT2D eigenvalue weighted by atomic mass is 10.0. The molecule has 0 unspecified atom stereocenters. The number of carbonyl (C=O) groups is 2. The monoisotopic (exact) mass is 531 g/mol. The second-order valence-electron chi connectivity index (χ2n) is 7.24. The molecule has 1 aromatic heterocycles. The fourth-order valence-electron chi connectivity index (χ4n) is 3.41. The third-order valence-electron chi connectivity index (χ3n) is 5.28. The number of benzene rings is 2. The fraction of sp³-hybridized carbons (Fsp3) is 0.280. The zero-order valence-electron chi connectivity index (χ0n) is 19.0. The van der Waals surface area contributed by atoms with Gasteiger partial charge in [0.05, 0.1) is 21.3 Å². The van der Waals surface area contributed by atoms with Crippen LogP contribution in [0.1, 0.15) is 34.8 Å². The highest BCUT2D eigenvalue weighted by molar-refractivity contribution is 9.10. The minimum Gasteiger partial charge on any atom is -0.493 e. The van der Waals surface area contributed by atoms with Crippen LogP contribution in [0.2, 0.25) is 0 Å². The number of nitrogens with one attached hydrogen (secondary N) is 1. The first kappa shape index (κ1) is 24.8. The Bertz CT molecular complexity index is 1140. The summed E-state index contributed by atoms with van der Waals surface area (Å²) in [5.41, 5.74) is 4.14. The summed E-state index contributed by atoms with van der Waals surface area (Å²) in [6.07, 6.45) is 1.65. The number of ether oxygens (including phenoxy) is 3. The van der Waals surface area contributed by atoms with Gasteiger partial charge in [-0.2, -0.15) is 0 Å². The normalized spacial score (nSPS) is 10.6. The van der Waals surface area contributed by atoms with Crippen molar-refractivity contribution in [1.82, 2.24) is 0 Å². The molecule has 0 aliphatic carbocycles. The van der Waals surface area contributed by atoms with Crippen molar-refractivity contribution in [3.05, 3.63) is 62.9 Å². The summed E-state index contributed by atoms with van der Waals surface area (Å²) in [5.74, 6) is 0.528. The Hall–Kier alpha value is -2.84. The predicted molar refractivity (Wildman–Crippen MR) is 135 cm³/mol. The fourth-order valence-corrected chi connectivity index (χ4v) is 4.91. The second kappa shape index (κ2) is 11.3. The molecular formula is C25H26BrNO5S. The standard InChI is InChI=1S/C25H26BrNO5S/c1-5-15-6-8-16(9-7-15)18-14-33-24(23(18)25(29)32-4)27-22(28)11-10-17-12-20(30-2)21(31-3)13-19(17)26/h6-9,12-14H,5,10-11H2,1-4H3,(H,27,28). The van der Waals surface area contributed by atoms with E-state index in [9.17, 15) is 9.59 Å². The van der Waals surface area contributed by atoms with E-state index in [2.05, 4.69) is 28.2 Å². The smallest absolute Gasteiger partial charge is 0.341 e. The number of hydrogen-bond acceptors (Lipinski definition) is 6. The van der Waals surface area contributed by atoms with Gasteiger partial charge in [0.1, 0.15) is 10.6 Å². The van der Waals surface area contributed by atoms with Crippen LogP contribution in [0.5, 0.6) is 11.5 Å². The highest BCUT2D eigenvalue weighted by Gasteiger charge is 2.22. The predicted octanol–water partition coefficient (Wildman–Crippen LogP) is 6.12. The average molecular weight is 532 g/mol. The summed E-state index contributed by atoms with van der Waals surface area (Å²) in [6, 6.07) is 11.7. The molecule has 8 heteroatoms. The van der Waals surface area contributed by atoms with E-state index in [0.29, 0.717) is 28.5 Å². The Kier molecular flexibility index (Phi) is 8.52. The van der Waals surface area contributed by atoms with Crippen molar-refractivity contribution >= 4 is 44.1 Å². The van der Waals surface area contributed by atoms with Crippen molar-refractivity contribution in [3.8, 4) is 22.6 Å². The first-order chi connectivity index (χ1) is 15.9. The van der Waals surface area contributed by atoms with Crippen molar-refractivity contribution < 1.29 is 23.8 Å². The first-order valence-corrected chi connectivity index (χ1v) is 12.1. The van der Waals surface area contributed by atoms with Gasteiger partial charge < -0.3 is 19.5 Å². The molecule has 1 heterocycles. The highest BCUT2D eigenvalue weighted by atomic mass is 79.9. The first-order valence-electron chi connectivity index (χ1n) is 10.4. The van der Waals surface area contributed by atoms with Gasteiger partial charge in [0, 0.05) is 21.8 Å². The van der Waals surface area contributed by atoms with E-state index in [0.717, 1.165) is 27.6 Å². The molecule has 0 fully saturated rings. The van der Waals surface area contributed by atoms with E-state index < -0.39 is 5.97 Å². The third-order valence-corrected chi connectivity index (χ3v) is 6.91. The molecule has 0 saturated carbocycles. The molecular weight excluding hydrogens is 506 g/mol. The van der Waals surface area contributed by atoms with E-state index in [1.54, 1.807) is 14.2 Å². The zero-order valence-corrected chi connectivity index (χ0v) is 21.4. The van der Waals surface area contributed by atoms with Gasteiger partial charge in [0.25, 0.3) is 0 Å². The number of thiophene rings is 1. The average Bonchev–Trinajstić information content (AvgIpc) is 3.25. The minimum absolute atomic E-state index is 0.198. The molecule has 0 radical (unpaired) electrons. The maximum absolute atomic E-state index is 12.7. The molecule has 0 spiro atoms. The molecule has 1 N–H and O–H groups in total. The molecule has 0 atom stereocenters. The maximum atomic E-state index is 12.7. The van der Waals surface area contributed by atoms with Crippen LogP contribution in [0.4, 0.5) is 5.00 Å². The number of amides is 1. The van der Waals surface area contributed by atoms with Crippen molar-refractivity contribution in [2.75, 3.05) is 26.6 Å². The lowest BCUT2D eigenvalue weighted by Gasteiger charge is -2.12. The molecule has 2 aromatic carbocycles. The molecule has 33 heavy (non-hydrogen) atoms. The van der Waals surface area contributed by atoms with Gasteiger partial charge >= 0.3 is 5.97 Å². The molecule has 0 bridgehead atoms. The van der Waals surface area contributed by atoms with Gasteiger partial charge in [-0.05, 0) is 41.7 Å². The minimum atomic E-state index is -0.483. The zero-order chi connectivity index (χ0) is 24.0. The molecule has 3 rings (SSSR count). The molecule has 174 valence electrons. The Morgan fingerprint density at radius 2 is 1.70 bits per heavy atom. The topological polar surface area (TPSA) is 73.9 Å². The van der Waals surface area contributed by atoms with E-state index >= 15 is 0 Å². The van der Waals surface area contributed by atoms with E-state index in [1.807, 2.05) is 41.8 Å². The Balaban J connectivity index is 1.78. The number of anilines is 1. The lowest BCUT2D eigenvalue weighted by Crippen LogP contribution is -2.14. The van der Waals surface area contributed by atoms with Crippen molar-refractivity contribution in [2.45, 2.75) is 26.2 Å². The summed E-state index contributed by atoms with van der Waals surface area (Å²) in [7, 11) is 4.48. The maximum Gasteiger partial charge on any atom is 0.341 e. The van der Waals surface area contributed by atoms with Gasteiger partial charge in [0.15, 0.2) is 11.5 Å². The lowest BCUT2D eigenvalue weighted by molar-refractivity contribution is -0.116. The van der Waals surface area contributed by atoms with E-state index in [-0.39, 0.29) is 12.3 Å². The molecule has 1 amide bonds. The molecule has 0 saturated heterocycles. The SMILES string of the molecule is CCc1ccc(-c2csc(NC(=O)CCc3cc(OC)c(OC)cc3Br)c2C(=O)OC)cc1. The quantitative estimate of drug-likeness (QED) is 0.337. The number of halogens is 1. The second-order valence-corrected chi connectivity index (χ2v) is 8.98. The third kappa shape index (κ3) is 5.75. The number of hydrogen-bond donors (Lipinski definition) is 1. The highest BCUT2D eigenvalue weighted by Crippen LogP contribution is 2.37. The summed E-state index contributed by atoms with van der Waals surface area (Å²) in [4.78, 5) is 25.3. The number of methoxy groups -OCH3 is 3. The molecule has 0 aliphatic heterocycles. The van der Waals surface area contributed by atoms with Crippen molar-refractivity contribution in [3.63, 3.8) is 0 Å². The summed E-state index contributed by atoms with van der Waals surface area (Å²) in [6.45, 7) is 2.09. The number of rotatable bonds is 9. The van der Waals surface area contributed by atoms with Crippen LogP contribution in [-0.2, 0) is 22.4 Å². The van der Waals surface area contributed by atoms with Crippen LogP contribution >= 0.6 is 27.3 Å². The molecule has 3 aromatic rings. The van der Waals surface area contributed by atoms with Crippen LogP contribution in [0.25, 0.3) is 11.1 Å². The van der Waals surface area contributed by atoms with Crippen LogP contribution in [0.15, 0.2) is 46.3 Å². The largest absolute Gasteiger partial charge is 0.493 e. The molecule has 0 aliphatic rings. The van der Waals surface area contributed by atoms with Gasteiger partial charge in [-0.1, -0.05) is 47.1 Å². The summed E-state index contributed by atoms with van der Waals surface area (Å²) >= 11 is 4.83. The van der Waals surface area contributed by atoms with Crippen LogP contribution in [0.3, 0.4) is 0 Å². The number of carbonyl (C=O) groups excluding carboxylic acids is 2. The Morgan fingerprint density at radius 1 is 1.03 bits per heavy atom. The van der Waals surface area contributed by atoms with E-state index in [4.69, 9.17) is 14.2 Å². The van der Waals surface area contributed by atoms with Crippen LogP contribution < -0.4 is 14.8 Å². The Morgan fingerprint density at radius 3 is 2.30 bits per heavy atom. The van der Waals surface area contributed by atoms with Crippen molar-refractivity contribution in [1.29, 1.82) is 0 Å². The number of aryl methyl sites for hydroxylation is 2. The summed E-state index contributed by atoms with van der Waals surface area (Å²) < 4.78 is 16.5. The van der Waals surface area contributed by atoms with Gasteiger partial charge in [0.2, 0.25) is 5.91 Å².